The van der Waals surface area contributed by atoms with Crippen LogP contribution in [0.4, 0.5) is 11.8 Å². The van der Waals surface area contributed by atoms with Gasteiger partial charge in [-0.25, -0.2) is 4.98 Å². The van der Waals surface area contributed by atoms with E-state index in [9.17, 15) is 0 Å². The molecule has 0 radical (unpaired) electrons. The van der Waals surface area contributed by atoms with Gasteiger partial charge in [0.05, 0.1) is 0 Å². The second-order valence-corrected chi connectivity index (χ2v) is 2.94. The van der Waals surface area contributed by atoms with Gasteiger partial charge in [-0.2, -0.15) is 9.97 Å². The highest BCUT2D eigenvalue weighted by molar-refractivity contribution is 9.10. The van der Waals surface area contributed by atoms with Gasteiger partial charge in [-0.05, 0) is 15.9 Å². The molecule has 0 fully saturated rings. The van der Waals surface area contributed by atoms with E-state index in [2.05, 4.69) is 35.9 Å². The number of aromatic nitrogens is 4. The number of hydrogen-bond donors (Lipinski definition) is 3. The quantitative estimate of drug-likeness (QED) is 0.562. The van der Waals surface area contributed by atoms with E-state index in [1.807, 2.05) is 0 Å². The number of nitrogens with one attached hydrogen (secondary N) is 1. The fraction of sp³-hybridized carbons (Fsp3) is 0. The number of hydrogen-bond acceptors (Lipinski definition) is 5. The first-order valence-corrected chi connectivity index (χ1v) is 3.90. The van der Waals surface area contributed by atoms with Crippen LogP contribution in [0.5, 0.6) is 0 Å². The molecule has 0 aliphatic carbocycles. The van der Waals surface area contributed by atoms with Crippen LogP contribution in [0.2, 0.25) is 0 Å². The maximum Gasteiger partial charge on any atom is 0.224 e. The Bertz CT molecular complexity index is 435. The summed E-state index contributed by atoms with van der Waals surface area (Å²) in [6.07, 6.45) is 0. The van der Waals surface area contributed by atoms with Crippen molar-refractivity contribution < 1.29 is 0 Å². The average Bonchev–Trinajstić information content (AvgIpc) is 2.29. The number of halogens is 1. The highest BCUT2D eigenvalue weighted by atomic mass is 79.9. The first-order valence-electron chi connectivity index (χ1n) is 3.11. The molecule has 2 aromatic rings. The second-order valence-electron chi connectivity index (χ2n) is 2.19. The number of imidazole rings is 1. The Hall–Kier alpha value is -1.37. The van der Waals surface area contributed by atoms with Crippen LogP contribution in [-0.2, 0) is 0 Å². The number of nitrogens with zero attached hydrogens (tertiary/aromatic N) is 3. The van der Waals surface area contributed by atoms with Crippen molar-refractivity contribution >= 4 is 38.9 Å². The topological polar surface area (TPSA) is 106 Å². The molecule has 0 unspecified atom stereocenters. The summed E-state index contributed by atoms with van der Waals surface area (Å²) in [4.78, 5) is 14.5. The maximum absolute atomic E-state index is 5.55. The number of aromatic amines is 1. The molecule has 0 aliphatic rings. The van der Waals surface area contributed by atoms with E-state index in [0.717, 1.165) is 0 Å². The van der Waals surface area contributed by atoms with Crippen molar-refractivity contribution in [3.05, 3.63) is 4.73 Å². The lowest BCUT2D eigenvalue weighted by Crippen LogP contribution is -1.99. The van der Waals surface area contributed by atoms with Gasteiger partial charge in [0.2, 0.25) is 5.95 Å². The van der Waals surface area contributed by atoms with Gasteiger partial charge in [0, 0.05) is 0 Å². The van der Waals surface area contributed by atoms with Crippen molar-refractivity contribution in [3.63, 3.8) is 0 Å². The fourth-order valence-electron chi connectivity index (χ4n) is 0.908. The molecule has 0 aromatic carbocycles. The first-order chi connectivity index (χ1) is 5.66. The van der Waals surface area contributed by atoms with E-state index < -0.39 is 0 Å². The number of H-pyrrole nitrogens is 1. The summed E-state index contributed by atoms with van der Waals surface area (Å²) in [5, 5.41) is 0. The van der Waals surface area contributed by atoms with Crippen LogP contribution in [0.3, 0.4) is 0 Å². The monoisotopic (exact) mass is 228 g/mol. The average molecular weight is 229 g/mol. The summed E-state index contributed by atoms with van der Waals surface area (Å²) in [6, 6.07) is 0. The van der Waals surface area contributed by atoms with Gasteiger partial charge in [-0.15, -0.1) is 0 Å². The summed E-state index contributed by atoms with van der Waals surface area (Å²) < 4.78 is 0.559. The lowest BCUT2D eigenvalue weighted by molar-refractivity contribution is 1.21. The lowest BCUT2D eigenvalue weighted by atomic mass is 10.5. The number of anilines is 2. The molecular formula is C5H5BrN6. The molecule has 0 saturated carbocycles. The van der Waals surface area contributed by atoms with Gasteiger partial charge >= 0.3 is 0 Å². The van der Waals surface area contributed by atoms with Crippen LogP contribution in [0.25, 0.3) is 11.2 Å². The van der Waals surface area contributed by atoms with Crippen molar-refractivity contribution in [2.45, 2.75) is 0 Å². The molecule has 0 aliphatic heterocycles. The molecule has 62 valence electrons. The highest BCUT2D eigenvalue weighted by Crippen LogP contribution is 2.17. The summed E-state index contributed by atoms with van der Waals surface area (Å²) >= 11 is 3.15. The third-order valence-corrected chi connectivity index (χ3v) is 1.74. The zero-order chi connectivity index (χ0) is 8.72. The Kier molecular flexibility index (Phi) is 1.40. The predicted molar refractivity (Wildman–Crippen MR) is 48.2 cm³/mol. The normalized spacial score (nSPS) is 10.8. The van der Waals surface area contributed by atoms with Crippen molar-refractivity contribution in [3.8, 4) is 0 Å². The van der Waals surface area contributed by atoms with Gasteiger partial charge < -0.3 is 16.5 Å². The lowest BCUT2D eigenvalue weighted by Gasteiger charge is -1.94. The molecule has 2 aromatic heterocycles. The number of fused-ring (bicyclic) bond motifs is 1. The largest absolute Gasteiger partial charge is 0.382 e. The van der Waals surface area contributed by atoms with E-state index in [4.69, 9.17) is 11.5 Å². The van der Waals surface area contributed by atoms with Crippen LogP contribution in [0.1, 0.15) is 0 Å². The van der Waals surface area contributed by atoms with Crippen molar-refractivity contribution in [1.29, 1.82) is 0 Å². The molecule has 0 spiro atoms. The molecule has 5 N–H and O–H groups in total. The van der Waals surface area contributed by atoms with Gasteiger partial charge in [-0.1, -0.05) is 0 Å². The molecule has 2 rings (SSSR count). The molecular weight excluding hydrogens is 224 g/mol. The molecule has 6 nitrogen and oxygen atoms in total. The molecule has 7 heteroatoms. The van der Waals surface area contributed by atoms with Crippen LogP contribution in [0, 0.1) is 0 Å². The van der Waals surface area contributed by atoms with Crippen LogP contribution in [0.15, 0.2) is 4.73 Å². The summed E-state index contributed by atoms with van der Waals surface area (Å²) in [6.45, 7) is 0. The predicted octanol–water partition coefficient (Wildman–Crippen LogP) is 0.280. The maximum atomic E-state index is 5.55. The van der Waals surface area contributed by atoms with Crippen LogP contribution < -0.4 is 11.5 Å². The Morgan fingerprint density at radius 3 is 2.67 bits per heavy atom. The van der Waals surface area contributed by atoms with Gasteiger partial charge in [0.15, 0.2) is 16.2 Å². The van der Waals surface area contributed by atoms with Gasteiger partial charge in [0.25, 0.3) is 0 Å². The zero-order valence-electron chi connectivity index (χ0n) is 5.87. The van der Waals surface area contributed by atoms with Crippen molar-refractivity contribution in [1.82, 2.24) is 19.9 Å². The Balaban J connectivity index is 2.88. The molecule has 0 amide bonds. The van der Waals surface area contributed by atoms with Crippen molar-refractivity contribution in [2.24, 2.45) is 0 Å². The Labute approximate surface area is 75.5 Å². The van der Waals surface area contributed by atoms with Gasteiger partial charge in [0.1, 0.15) is 5.52 Å². The molecule has 0 saturated heterocycles. The first kappa shape index (κ1) is 7.29. The van der Waals surface area contributed by atoms with E-state index in [1.54, 1.807) is 0 Å². The summed E-state index contributed by atoms with van der Waals surface area (Å²) in [5.74, 6) is 0.426. The number of rotatable bonds is 0. The van der Waals surface area contributed by atoms with E-state index in [0.29, 0.717) is 21.7 Å². The summed E-state index contributed by atoms with van der Waals surface area (Å²) in [5.41, 5.74) is 12.0. The third kappa shape index (κ3) is 0.981. The molecule has 2 heterocycles. The van der Waals surface area contributed by atoms with E-state index in [1.165, 1.54) is 0 Å². The van der Waals surface area contributed by atoms with Crippen molar-refractivity contribution in [2.75, 3.05) is 11.5 Å². The minimum absolute atomic E-state index is 0.124. The standard InChI is InChI=1S/C5H5BrN6/c6-4-9-1-2(7)10-5(8)12-3(1)11-4/h(H5,7,8,9,10,11,12). The zero-order valence-corrected chi connectivity index (χ0v) is 7.46. The molecule has 0 bridgehead atoms. The minimum atomic E-state index is 0.124. The molecule has 0 atom stereocenters. The van der Waals surface area contributed by atoms with Gasteiger partial charge in [-0.3, -0.25) is 0 Å². The Morgan fingerprint density at radius 1 is 1.17 bits per heavy atom. The van der Waals surface area contributed by atoms with Crippen LogP contribution >= 0.6 is 15.9 Å². The second kappa shape index (κ2) is 2.31. The van der Waals surface area contributed by atoms with Crippen LogP contribution in [-0.4, -0.2) is 19.9 Å². The van der Waals surface area contributed by atoms with E-state index in [-0.39, 0.29) is 5.95 Å². The highest BCUT2D eigenvalue weighted by Gasteiger charge is 2.06. The Morgan fingerprint density at radius 2 is 1.92 bits per heavy atom. The number of nitrogen functional groups attached to an aromatic ring is 2. The SMILES string of the molecule is Nc1nc(N)c2[nH]c(Br)nc2n1. The molecule has 12 heavy (non-hydrogen) atoms. The minimum Gasteiger partial charge on any atom is -0.382 e. The smallest absolute Gasteiger partial charge is 0.224 e. The number of nitrogens with two attached hydrogens (primary N) is 2. The van der Waals surface area contributed by atoms with E-state index >= 15 is 0 Å². The third-order valence-electron chi connectivity index (χ3n) is 1.37. The fourth-order valence-corrected chi connectivity index (χ4v) is 1.27. The summed E-state index contributed by atoms with van der Waals surface area (Å²) in [7, 11) is 0.